The molecule has 3 rings (SSSR count). The number of hydrogen-bond donors (Lipinski definition) is 2. The summed E-state index contributed by atoms with van der Waals surface area (Å²) < 4.78 is 79.5. The van der Waals surface area contributed by atoms with Crippen LogP contribution in [0.25, 0.3) is 0 Å². The van der Waals surface area contributed by atoms with Crippen LogP contribution in [0.5, 0.6) is 5.75 Å². The van der Waals surface area contributed by atoms with Gasteiger partial charge in [-0.25, -0.2) is 13.2 Å². The molecule has 1 aliphatic heterocycles. The van der Waals surface area contributed by atoms with Crippen molar-refractivity contribution in [1.29, 1.82) is 0 Å². The van der Waals surface area contributed by atoms with E-state index in [1.54, 1.807) is 13.8 Å². The third kappa shape index (κ3) is 6.09. The van der Waals surface area contributed by atoms with Crippen LogP contribution >= 0.6 is 11.6 Å². The number of amides is 2. The fourth-order valence-corrected chi connectivity index (χ4v) is 5.45. The molecule has 1 aliphatic rings. The van der Waals surface area contributed by atoms with E-state index in [0.717, 1.165) is 4.31 Å². The second-order valence-electron chi connectivity index (χ2n) is 9.03. The number of carbonyl (C=O) groups is 2. The quantitative estimate of drug-likeness (QED) is 0.506. The topological polar surface area (TPSA) is 132 Å². The lowest BCUT2D eigenvalue weighted by Gasteiger charge is -2.38. The number of nitrogens with zero attached hydrogens (tertiary/aromatic N) is 3. The van der Waals surface area contributed by atoms with Crippen molar-refractivity contribution in [1.82, 2.24) is 15.1 Å². The van der Waals surface area contributed by atoms with Gasteiger partial charge in [-0.05, 0) is 45.9 Å². The Bertz CT molecular complexity index is 1330. The number of hydrogen-bond acceptors (Lipinski definition) is 7. The van der Waals surface area contributed by atoms with Crippen molar-refractivity contribution in [2.75, 3.05) is 16.2 Å². The van der Waals surface area contributed by atoms with Crippen LogP contribution in [0.4, 0.5) is 29.3 Å². The van der Waals surface area contributed by atoms with E-state index in [4.69, 9.17) is 16.3 Å². The van der Waals surface area contributed by atoms with E-state index < -0.39 is 40.0 Å². The van der Waals surface area contributed by atoms with Crippen LogP contribution in [0.3, 0.4) is 0 Å². The Kier molecular flexibility index (Phi) is 8.13. The number of anilines is 2. The van der Waals surface area contributed by atoms with Gasteiger partial charge in [0.1, 0.15) is 16.7 Å². The molecule has 0 saturated carbocycles. The van der Waals surface area contributed by atoms with Crippen LogP contribution in [0.2, 0.25) is 5.15 Å². The Balaban J connectivity index is 2.01. The normalized spacial score (nSPS) is 16.8. The van der Waals surface area contributed by atoms with E-state index in [0.29, 0.717) is 20.4 Å². The zero-order valence-electron chi connectivity index (χ0n) is 21.1. The third-order valence-corrected chi connectivity index (χ3v) is 7.87. The van der Waals surface area contributed by atoms with Gasteiger partial charge in [0.05, 0.1) is 18.3 Å². The highest BCUT2D eigenvalue weighted by molar-refractivity contribution is 7.93. The number of aryl methyl sites for hydroxylation is 1. The molecular formula is C22H27ClF3N5O6S. The molecule has 2 unspecified atom stereocenters. The maximum Gasteiger partial charge on any atom is 0.427 e. The lowest BCUT2D eigenvalue weighted by atomic mass is 10.1. The number of aromatic nitrogens is 2. The maximum atomic E-state index is 13.7. The molecule has 38 heavy (non-hydrogen) atoms. The Morgan fingerprint density at radius 1 is 1.32 bits per heavy atom. The number of sulfonamides is 1. The predicted octanol–water partition coefficient (Wildman–Crippen LogP) is 3.93. The molecule has 2 atom stereocenters. The summed E-state index contributed by atoms with van der Waals surface area (Å²) in [7, 11) is -4.35. The standard InChI is InChI=1S/C22H27ClF3N5O6S/c1-6-30-11-18(19(23)29-30)38(34,35)31-10-17(12(2)27-13(3)32)36-16-8-7-14(9-15(16)31)28-20(33)37-21(4,5)22(24,25)26/h7-9,11-12,17H,6,10H2,1-5H3,(H,27,32)(H,28,33). The van der Waals surface area contributed by atoms with Gasteiger partial charge in [-0.3, -0.25) is 19.1 Å². The van der Waals surface area contributed by atoms with E-state index in [1.165, 1.54) is 36.0 Å². The van der Waals surface area contributed by atoms with Gasteiger partial charge < -0.3 is 14.8 Å². The smallest absolute Gasteiger partial charge is 0.427 e. The van der Waals surface area contributed by atoms with Crippen molar-refractivity contribution in [3.63, 3.8) is 0 Å². The van der Waals surface area contributed by atoms with Crippen LogP contribution in [0.1, 0.15) is 34.6 Å². The second-order valence-corrected chi connectivity index (χ2v) is 11.2. The minimum Gasteiger partial charge on any atom is -0.484 e. The molecule has 0 spiro atoms. The summed E-state index contributed by atoms with van der Waals surface area (Å²) in [5, 5.41) is 8.54. The monoisotopic (exact) mass is 581 g/mol. The Labute approximate surface area is 222 Å². The summed E-state index contributed by atoms with van der Waals surface area (Å²) in [5.41, 5.74) is -2.85. The number of benzene rings is 1. The van der Waals surface area contributed by atoms with Gasteiger partial charge in [-0.1, -0.05) is 11.6 Å². The predicted molar refractivity (Wildman–Crippen MR) is 132 cm³/mol. The summed E-state index contributed by atoms with van der Waals surface area (Å²) in [6.07, 6.45) is -5.78. The van der Waals surface area contributed by atoms with Crippen molar-refractivity contribution in [3.8, 4) is 5.75 Å². The minimum absolute atomic E-state index is 0.0236. The van der Waals surface area contributed by atoms with Gasteiger partial charge in [0, 0.05) is 25.4 Å². The van der Waals surface area contributed by atoms with Gasteiger partial charge in [0.15, 0.2) is 5.15 Å². The zero-order chi connectivity index (χ0) is 28.6. The molecule has 1 aromatic carbocycles. The summed E-state index contributed by atoms with van der Waals surface area (Å²) in [5.74, 6) is -0.274. The first kappa shape index (κ1) is 29.4. The van der Waals surface area contributed by atoms with E-state index >= 15 is 0 Å². The zero-order valence-corrected chi connectivity index (χ0v) is 22.7. The molecular weight excluding hydrogens is 555 g/mol. The van der Waals surface area contributed by atoms with Crippen molar-refractivity contribution in [2.45, 2.75) is 70.0 Å². The van der Waals surface area contributed by atoms with Crippen LogP contribution < -0.4 is 19.7 Å². The Hall–Kier alpha value is -3.20. The number of carbonyl (C=O) groups excluding carboxylic acids is 2. The van der Waals surface area contributed by atoms with E-state index in [2.05, 4.69) is 20.5 Å². The molecule has 2 heterocycles. The van der Waals surface area contributed by atoms with Gasteiger partial charge in [-0.15, -0.1) is 0 Å². The van der Waals surface area contributed by atoms with E-state index in [1.807, 2.05) is 0 Å². The molecule has 2 aromatic rings. The summed E-state index contributed by atoms with van der Waals surface area (Å²) in [6.45, 7) is 6.15. The maximum absolute atomic E-state index is 13.7. The van der Waals surface area contributed by atoms with Crippen LogP contribution in [-0.4, -0.2) is 60.7 Å². The van der Waals surface area contributed by atoms with Gasteiger partial charge >= 0.3 is 12.3 Å². The van der Waals surface area contributed by atoms with Crippen LogP contribution in [0, 0.1) is 0 Å². The molecule has 0 saturated heterocycles. The second kappa shape index (κ2) is 10.5. The molecule has 1 aromatic heterocycles. The average molecular weight is 582 g/mol. The van der Waals surface area contributed by atoms with Gasteiger partial charge in [-0.2, -0.15) is 18.3 Å². The number of ether oxygens (including phenoxy) is 2. The first-order chi connectivity index (χ1) is 17.5. The lowest BCUT2D eigenvalue weighted by Crippen LogP contribution is -2.52. The molecule has 210 valence electrons. The van der Waals surface area contributed by atoms with E-state index in [9.17, 15) is 31.2 Å². The largest absolute Gasteiger partial charge is 0.484 e. The number of rotatable bonds is 7. The van der Waals surface area contributed by atoms with Crippen molar-refractivity contribution in [3.05, 3.63) is 29.5 Å². The highest BCUT2D eigenvalue weighted by Gasteiger charge is 2.51. The van der Waals surface area contributed by atoms with Crippen molar-refractivity contribution < 1.29 is 40.7 Å². The SMILES string of the molecule is CCn1cc(S(=O)(=O)N2CC(C(C)NC(C)=O)Oc3ccc(NC(=O)OC(C)(C)C(F)(F)F)cc32)c(Cl)n1. The van der Waals surface area contributed by atoms with Crippen LogP contribution in [-0.2, 0) is 26.1 Å². The summed E-state index contributed by atoms with van der Waals surface area (Å²) >= 11 is 6.13. The fraction of sp³-hybridized carbons (Fsp3) is 0.500. The number of alkyl halides is 3. The molecule has 0 aliphatic carbocycles. The first-order valence-corrected chi connectivity index (χ1v) is 13.2. The lowest BCUT2D eigenvalue weighted by molar-refractivity contribution is -0.242. The van der Waals surface area contributed by atoms with Gasteiger partial charge in [0.25, 0.3) is 10.0 Å². The molecule has 16 heteroatoms. The average Bonchev–Trinajstić information content (AvgIpc) is 3.18. The molecule has 11 nitrogen and oxygen atoms in total. The van der Waals surface area contributed by atoms with E-state index in [-0.39, 0.29) is 39.6 Å². The number of halogens is 4. The molecule has 0 bridgehead atoms. The van der Waals surface area contributed by atoms with Crippen molar-refractivity contribution >= 4 is 45.0 Å². The molecule has 0 fully saturated rings. The highest BCUT2D eigenvalue weighted by atomic mass is 35.5. The Morgan fingerprint density at radius 3 is 2.53 bits per heavy atom. The summed E-state index contributed by atoms with van der Waals surface area (Å²) in [6, 6.07) is 3.25. The number of fused-ring (bicyclic) bond motifs is 1. The molecule has 2 amide bonds. The molecule has 2 N–H and O–H groups in total. The number of nitrogens with one attached hydrogen (secondary N) is 2. The highest BCUT2D eigenvalue weighted by Crippen LogP contribution is 2.41. The molecule has 0 radical (unpaired) electrons. The van der Waals surface area contributed by atoms with Gasteiger partial charge in [0.2, 0.25) is 11.5 Å². The fourth-order valence-electron chi connectivity index (χ4n) is 3.52. The summed E-state index contributed by atoms with van der Waals surface area (Å²) in [4.78, 5) is 23.5. The Morgan fingerprint density at radius 2 is 1.97 bits per heavy atom. The first-order valence-electron chi connectivity index (χ1n) is 11.4. The van der Waals surface area contributed by atoms with Crippen LogP contribution in [0.15, 0.2) is 29.3 Å². The third-order valence-electron chi connectivity index (χ3n) is 5.70. The van der Waals surface area contributed by atoms with Crippen molar-refractivity contribution in [2.24, 2.45) is 0 Å². The minimum atomic E-state index is -4.82.